The van der Waals surface area contributed by atoms with Gasteiger partial charge in [-0.25, -0.2) is 0 Å². The Kier molecular flexibility index (Phi) is 4.24. The zero-order valence-electron chi connectivity index (χ0n) is 11.6. The molecule has 1 saturated heterocycles. The lowest BCUT2D eigenvalue weighted by Crippen LogP contribution is -2.58. The predicted molar refractivity (Wildman–Crippen MR) is 73.0 cm³/mol. The van der Waals surface area contributed by atoms with Crippen LogP contribution in [-0.4, -0.2) is 48.7 Å². The van der Waals surface area contributed by atoms with Gasteiger partial charge < -0.3 is 15.0 Å². The highest BCUT2D eigenvalue weighted by atomic mass is 16.5. The topological polar surface area (TPSA) is 42.3 Å². The Balaban J connectivity index is 2.00. The molecule has 1 unspecified atom stereocenters. The highest BCUT2D eigenvalue weighted by Gasteiger charge is 2.29. The fraction of sp³-hybridized carbons (Fsp3) is 0.769. The Bertz CT molecular complexity index is 379. The number of rotatable bonds is 5. The fourth-order valence-corrected chi connectivity index (χ4v) is 2.33. The van der Waals surface area contributed by atoms with E-state index in [1.807, 2.05) is 10.9 Å². The lowest BCUT2D eigenvalue weighted by Gasteiger charge is -2.41. The average molecular weight is 252 g/mol. The fourth-order valence-electron chi connectivity index (χ4n) is 2.33. The number of ether oxygens (including phenoxy) is 1. The summed E-state index contributed by atoms with van der Waals surface area (Å²) in [6.07, 6.45) is 5.21. The molecule has 1 aliphatic rings. The van der Waals surface area contributed by atoms with Crippen LogP contribution in [0, 0.1) is 0 Å². The normalized spacial score (nSPS) is 24.5. The van der Waals surface area contributed by atoms with Crippen molar-refractivity contribution in [2.45, 2.75) is 32.4 Å². The highest BCUT2D eigenvalue weighted by Crippen LogP contribution is 2.21. The molecule has 1 aliphatic heterocycles. The molecule has 2 heterocycles. The van der Waals surface area contributed by atoms with Crippen LogP contribution in [0.5, 0.6) is 0 Å². The molecule has 1 atom stereocenters. The van der Waals surface area contributed by atoms with Crippen molar-refractivity contribution < 1.29 is 4.74 Å². The molecule has 2 rings (SSSR count). The van der Waals surface area contributed by atoms with Crippen molar-refractivity contribution in [1.29, 1.82) is 0 Å². The second-order valence-electron chi connectivity index (χ2n) is 5.22. The van der Waals surface area contributed by atoms with E-state index in [0.717, 1.165) is 32.6 Å². The second kappa shape index (κ2) is 5.71. The third-order valence-corrected chi connectivity index (χ3v) is 3.76. The smallest absolute Gasteiger partial charge is 0.0753 e. The third-order valence-electron chi connectivity index (χ3n) is 3.76. The number of nitrogens with one attached hydrogen (secondary N) is 1. The van der Waals surface area contributed by atoms with Gasteiger partial charge in [0.1, 0.15) is 0 Å². The molecule has 1 aromatic rings. The van der Waals surface area contributed by atoms with Gasteiger partial charge in [-0.3, -0.25) is 4.68 Å². The van der Waals surface area contributed by atoms with Crippen LogP contribution in [0.3, 0.4) is 0 Å². The SMILES string of the molecule is CCC1(C)CN(c2cnn(CCOC)c2)CCN1. The summed E-state index contributed by atoms with van der Waals surface area (Å²) in [5.41, 5.74) is 1.43. The van der Waals surface area contributed by atoms with E-state index in [2.05, 4.69) is 35.4 Å². The molecular formula is C13H24N4O. The number of methoxy groups -OCH3 is 1. The molecule has 18 heavy (non-hydrogen) atoms. The van der Waals surface area contributed by atoms with Gasteiger partial charge in [-0.2, -0.15) is 5.10 Å². The van der Waals surface area contributed by atoms with Crippen molar-refractivity contribution in [3.8, 4) is 0 Å². The van der Waals surface area contributed by atoms with Crippen molar-refractivity contribution in [3.63, 3.8) is 0 Å². The zero-order valence-corrected chi connectivity index (χ0v) is 11.6. The molecule has 0 bridgehead atoms. The minimum atomic E-state index is 0.215. The van der Waals surface area contributed by atoms with Gasteiger partial charge in [-0.05, 0) is 13.3 Å². The van der Waals surface area contributed by atoms with Gasteiger partial charge in [0.15, 0.2) is 0 Å². The summed E-state index contributed by atoms with van der Waals surface area (Å²) >= 11 is 0. The van der Waals surface area contributed by atoms with Crippen molar-refractivity contribution >= 4 is 5.69 Å². The summed E-state index contributed by atoms with van der Waals surface area (Å²) in [4.78, 5) is 2.41. The van der Waals surface area contributed by atoms with E-state index in [9.17, 15) is 0 Å². The lowest BCUT2D eigenvalue weighted by atomic mass is 9.96. The summed E-state index contributed by atoms with van der Waals surface area (Å²) in [6.45, 7) is 9.16. The summed E-state index contributed by atoms with van der Waals surface area (Å²) in [5.74, 6) is 0. The highest BCUT2D eigenvalue weighted by molar-refractivity contribution is 5.43. The van der Waals surface area contributed by atoms with Crippen molar-refractivity contribution in [2.75, 3.05) is 38.3 Å². The zero-order chi connectivity index (χ0) is 13.0. The molecule has 5 nitrogen and oxygen atoms in total. The quantitative estimate of drug-likeness (QED) is 0.852. The van der Waals surface area contributed by atoms with Gasteiger partial charge >= 0.3 is 0 Å². The number of nitrogens with zero attached hydrogens (tertiary/aromatic N) is 3. The standard InChI is InChI=1S/C13H24N4O/c1-4-13(2)11-16(6-5-14-13)12-9-15-17(10-12)7-8-18-3/h9-10,14H,4-8,11H2,1-3H3. The summed E-state index contributed by atoms with van der Waals surface area (Å²) in [7, 11) is 1.72. The van der Waals surface area contributed by atoms with Gasteiger partial charge in [0.25, 0.3) is 0 Å². The Labute approximate surface area is 109 Å². The van der Waals surface area contributed by atoms with Crippen LogP contribution in [0.15, 0.2) is 12.4 Å². The van der Waals surface area contributed by atoms with Gasteiger partial charge in [-0.15, -0.1) is 0 Å². The van der Waals surface area contributed by atoms with Crippen LogP contribution >= 0.6 is 0 Å². The number of aromatic nitrogens is 2. The van der Waals surface area contributed by atoms with E-state index in [4.69, 9.17) is 4.74 Å². The molecule has 0 radical (unpaired) electrons. The van der Waals surface area contributed by atoms with Crippen molar-refractivity contribution in [3.05, 3.63) is 12.4 Å². The van der Waals surface area contributed by atoms with E-state index < -0.39 is 0 Å². The molecule has 0 saturated carbocycles. The number of anilines is 1. The van der Waals surface area contributed by atoms with Crippen LogP contribution in [0.1, 0.15) is 20.3 Å². The first-order chi connectivity index (χ1) is 8.67. The molecule has 0 aromatic carbocycles. The largest absolute Gasteiger partial charge is 0.383 e. The Morgan fingerprint density at radius 1 is 1.56 bits per heavy atom. The first-order valence-corrected chi connectivity index (χ1v) is 6.68. The monoisotopic (exact) mass is 252 g/mol. The Hall–Kier alpha value is -1.07. The van der Waals surface area contributed by atoms with Crippen LogP contribution in [0.25, 0.3) is 0 Å². The summed E-state index contributed by atoms with van der Waals surface area (Å²) < 4.78 is 7.02. The van der Waals surface area contributed by atoms with Gasteiger partial charge in [0.05, 0.1) is 25.0 Å². The van der Waals surface area contributed by atoms with E-state index in [-0.39, 0.29) is 5.54 Å². The molecule has 1 fully saturated rings. The van der Waals surface area contributed by atoms with E-state index in [0.29, 0.717) is 6.61 Å². The first kappa shape index (κ1) is 13.4. The molecule has 1 aromatic heterocycles. The molecule has 102 valence electrons. The minimum absolute atomic E-state index is 0.215. The van der Waals surface area contributed by atoms with Crippen LogP contribution in [0.2, 0.25) is 0 Å². The number of piperazine rings is 1. The minimum Gasteiger partial charge on any atom is -0.383 e. The van der Waals surface area contributed by atoms with Crippen LogP contribution in [-0.2, 0) is 11.3 Å². The van der Waals surface area contributed by atoms with Crippen LogP contribution in [0.4, 0.5) is 5.69 Å². The van der Waals surface area contributed by atoms with Gasteiger partial charge in [0, 0.05) is 38.5 Å². The molecular weight excluding hydrogens is 228 g/mol. The predicted octanol–water partition coefficient (Wildman–Crippen LogP) is 1.11. The maximum absolute atomic E-state index is 5.07. The van der Waals surface area contributed by atoms with Gasteiger partial charge in [-0.1, -0.05) is 6.92 Å². The maximum atomic E-state index is 5.07. The van der Waals surface area contributed by atoms with Gasteiger partial charge in [0.2, 0.25) is 0 Å². The summed E-state index contributed by atoms with van der Waals surface area (Å²) in [5, 5.41) is 7.97. The number of hydrogen-bond donors (Lipinski definition) is 1. The lowest BCUT2D eigenvalue weighted by molar-refractivity contribution is 0.183. The van der Waals surface area contributed by atoms with Crippen molar-refractivity contribution in [2.24, 2.45) is 0 Å². The molecule has 0 aliphatic carbocycles. The molecule has 0 amide bonds. The first-order valence-electron chi connectivity index (χ1n) is 6.68. The second-order valence-corrected chi connectivity index (χ2v) is 5.22. The Morgan fingerprint density at radius 3 is 3.11 bits per heavy atom. The molecule has 1 N–H and O–H groups in total. The average Bonchev–Trinajstić information content (AvgIpc) is 2.85. The van der Waals surface area contributed by atoms with E-state index >= 15 is 0 Å². The Morgan fingerprint density at radius 2 is 2.39 bits per heavy atom. The molecule has 5 heteroatoms. The number of hydrogen-bond acceptors (Lipinski definition) is 4. The van der Waals surface area contributed by atoms with Crippen molar-refractivity contribution in [1.82, 2.24) is 15.1 Å². The molecule has 0 spiro atoms. The maximum Gasteiger partial charge on any atom is 0.0753 e. The van der Waals surface area contributed by atoms with E-state index in [1.165, 1.54) is 5.69 Å². The third kappa shape index (κ3) is 3.03. The van der Waals surface area contributed by atoms with E-state index in [1.54, 1.807) is 7.11 Å². The van der Waals surface area contributed by atoms with Crippen LogP contribution < -0.4 is 10.2 Å². The summed E-state index contributed by atoms with van der Waals surface area (Å²) in [6, 6.07) is 0.